The molecule has 1 aliphatic heterocycles. The van der Waals surface area contributed by atoms with E-state index < -0.39 is 0 Å². The molecule has 1 fully saturated rings. The number of nitrogens with zero attached hydrogens (tertiary/aromatic N) is 1. The summed E-state index contributed by atoms with van der Waals surface area (Å²) in [7, 11) is 0. The van der Waals surface area contributed by atoms with E-state index in [2.05, 4.69) is 24.1 Å². The number of hydrogen-bond donors (Lipinski definition) is 1. The van der Waals surface area contributed by atoms with Crippen molar-refractivity contribution in [3.05, 3.63) is 0 Å². The second-order valence-electron chi connectivity index (χ2n) is 4.52. The van der Waals surface area contributed by atoms with E-state index in [-0.39, 0.29) is 5.91 Å². The Kier molecular flexibility index (Phi) is 6.42. The van der Waals surface area contributed by atoms with Gasteiger partial charge in [-0.05, 0) is 5.92 Å². The number of carbonyl (C=O) groups is 1. The van der Waals surface area contributed by atoms with Crippen LogP contribution in [0.3, 0.4) is 0 Å². The maximum absolute atomic E-state index is 11.5. The lowest BCUT2D eigenvalue weighted by atomic mass is 10.1. The first-order valence-corrected chi connectivity index (χ1v) is 6.29. The van der Waals surface area contributed by atoms with Crippen LogP contribution in [0.4, 0.5) is 0 Å². The number of morpholine rings is 1. The second-order valence-corrected chi connectivity index (χ2v) is 4.52. The van der Waals surface area contributed by atoms with Crippen molar-refractivity contribution in [2.45, 2.75) is 26.7 Å². The molecule has 1 amide bonds. The minimum atomic E-state index is 0.183. The molecule has 0 radical (unpaired) electrons. The van der Waals surface area contributed by atoms with Crippen LogP contribution >= 0.6 is 0 Å². The van der Waals surface area contributed by atoms with Crippen molar-refractivity contribution < 1.29 is 9.53 Å². The molecule has 0 aliphatic carbocycles. The summed E-state index contributed by atoms with van der Waals surface area (Å²) in [5.41, 5.74) is 0. The third-order valence-corrected chi connectivity index (χ3v) is 3.08. The van der Waals surface area contributed by atoms with Crippen molar-refractivity contribution in [3.8, 4) is 0 Å². The molecular formula is C12H24N2O2. The molecule has 1 saturated heterocycles. The van der Waals surface area contributed by atoms with Crippen LogP contribution in [-0.4, -0.2) is 50.2 Å². The Balaban J connectivity index is 2.03. The first-order valence-electron chi connectivity index (χ1n) is 6.29. The largest absolute Gasteiger partial charge is 0.379 e. The van der Waals surface area contributed by atoms with Crippen LogP contribution in [0.25, 0.3) is 0 Å². The molecule has 0 aromatic carbocycles. The summed E-state index contributed by atoms with van der Waals surface area (Å²) in [4.78, 5) is 13.8. The quantitative estimate of drug-likeness (QED) is 0.733. The van der Waals surface area contributed by atoms with Gasteiger partial charge < -0.3 is 10.1 Å². The molecule has 0 aromatic heterocycles. The molecule has 0 saturated carbocycles. The third kappa shape index (κ3) is 5.47. The molecule has 1 aliphatic rings. The Morgan fingerprint density at radius 2 is 2.12 bits per heavy atom. The van der Waals surface area contributed by atoms with Gasteiger partial charge in [-0.3, -0.25) is 9.69 Å². The molecule has 1 N–H and O–H groups in total. The number of hydrogen-bond acceptors (Lipinski definition) is 3. The van der Waals surface area contributed by atoms with Crippen LogP contribution in [0.1, 0.15) is 26.7 Å². The SMILES string of the molecule is CCC(C)CC(=O)NCCN1CCOCC1. The van der Waals surface area contributed by atoms with Gasteiger partial charge in [-0.15, -0.1) is 0 Å². The summed E-state index contributed by atoms with van der Waals surface area (Å²) in [5, 5.41) is 2.97. The van der Waals surface area contributed by atoms with Crippen LogP contribution in [-0.2, 0) is 9.53 Å². The van der Waals surface area contributed by atoms with Gasteiger partial charge in [0.15, 0.2) is 0 Å². The molecule has 1 rings (SSSR count). The standard InChI is InChI=1S/C12H24N2O2/c1-3-11(2)10-12(15)13-4-5-14-6-8-16-9-7-14/h11H,3-10H2,1-2H3,(H,13,15). The average Bonchev–Trinajstić information content (AvgIpc) is 2.30. The van der Waals surface area contributed by atoms with Gasteiger partial charge in [0.25, 0.3) is 0 Å². The fourth-order valence-electron chi connectivity index (χ4n) is 1.71. The molecule has 4 nitrogen and oxygen atoms in total. The number of nitrogens with one attached hydrogen (secondary N) is 1. The third-order valence-electron chi connectivity index (χ3n) is 3.08. The Bertz CT molecular complexity index is 203. The van der Waals surface area contributed by atoms with Gasteiger partial charge in [0.1, 0.15) is 0 Å². The Morgan fingerprint density at radius 3 is 2.75 bits per heavy atom. The first-order chi connectivity index (χ1) is 7.72. The Labute approximate surface area is 98.3 Å². The van der Waals surface area contributed by atoms with E-state index in [0.29, 0.717) is 12.3 Å². The minimum absolute atomic E-state index is 0.183. The zero-order valence-electron chi connectivity index (χ0n) is 10.5. The van der Waals surface area contributed by atoms with Gasteiger partial charge in [0.05, 0.1) is 13.2 Å². The van der Waals surface area contributed by atoms with Crippen molar-refractivity contribution in [3.63, 3.8) is 0 Å². The van der Waals surface area contributed by atoms with Crippen molar-refractivity contribution in [1.82, 2.24) is 10.2 Å². The van der Waals surface area contributed by atoms with Crippen LogP contribution in [0.5, 0.6) is 0 Å². The molecule has 1 atom stereocenters. The maximum Gasteiger partial charge on any atom is 0.220 e. The molecular weight excluding hydrogens is 204 g/mol. The zero-order chi connectivity index (χ0) is 11.8. The lowest BCUT2D eigenvalue weighted by Crippen LogP contribution is -2.41. The minimum Gasteiger partial charge on any atom is -0.379 e. The smallest absolute Gasteiger partial charge is 0.220 e. The van der Waals surface area contributed by atoms with Crippen molar-refractivity contribution in [1.29, 1.82) is 0 Å². The number of amides is 1. The van der Waals surface area contributed by atoms with Gasteiger partial charge in [0.2, 0.25) is 5.91 Å². The van der Waals surface area contributed by atoms with Crippen LogP contribution in [0, 0.1) is 5.92 Å². The van der Waals surface area contributed by atoms with Crippen LogP contribution in [0.2, 0.25) is 0 Å². The molecule has 4 heteroatoms. The predicted molar refractivity (Wildman–Crippen MR) is 64.3 cm³/mol. The average molecular weight is 228 g/mol. The summed E-state index contributed by atoms with van der Waals surface area (Å²) in [5.74, 6) is 0.672. The van der Waals surface area contributed by atoms with Crippen molar-refractivity contribution >= 4 is 5.91 Å². The van der Waals surface area contributed by atoms with Gasteiger partial charge in [-0.25, -0.2) is 0 Å². The first kappa shape index (κ1) is 13.5. The van der Waals surface area contributed by atoms with E-state index in [4.69, 9.17) is 4.74 Å². The fourth-order valence-corrected chi connectivity index (χ4v) is 1.71. The topological polar surface area (TPSA) is 41.6 Å². The van der Waals surface area contributed by atoms with E-state index in [1.165, 1.54) is 0 Å². The zero-order valence-corrected chi connectivity index (χ0v) is 10.5. The second kappa shape index (κ2) is 7.63. The maximum atomic E-state index is 11.5. The molecule has 0 aromatic rings. The summed E-state index contributed by atoms with van der Waals surface area (Å²) in [6.45, 7) is 9.54. The summed E-state index contributed by atoms with van der Waals surface area (Å²) < 4.78 is 5.27. The van der Waals surface area contributed by atoms with Crippen molar-refractivity contribution in [2.24, 2.45) is 5.92 Å². The highest BCUT2D eigenvalue weighted by atomic mass is 16.5. The molecule has 1 heterocycles. The Hall–Kier alpha value is -0.610. The summed E-state index contributed by atoms with van der Waals surface area (Å²) >= 11 is 0. The van der Waals surface area contributed by atoms with Gasteiger partial charge in [0, 0.05) is 32.6 Å². The number of ether oxygens (including phenoxy) is 1. The lowest BCUT2D eigenvalue weighted by molar-refractivity contribution is -0.122. The molecule has 0 spiro atoms. The van der Waals surface area contributed by atoms with E-state index in [1.807, 2.05) is 0 Å². The van der Waals surface area contributed by atoms with E-state index in [1.54, 1.807) is 0 Å². The van der Waals surface area contributed by atoms with Crippen molar-refractivity contribution in [2.75, 3.05) is 39.4 Å². The lowest BCUT2D eigenvalue weighted by Gasteiger charge is -2.26. The highest BCUT2D eigenvalue weighted by Gasteiger charge is 2.11. The molecule has 1 unspecified atom stereocenters. The van der Waals surface area contributed by atoms with E-state index >= 15 is 0 Å². The Morgan fingerprint density at radius 1 is 1.44 bits per heavy atom. The van der Waals surface area contributed by atoms with Gasteiger partial charge in [-0.2, -0.15) is 0 Å². The van der Waals surface area contributed by atoms with Crippen LogP contribution in [0.15, 0.2) is 0 Å². The fraction of sp³-hybridized carbons (Fsp3) is 0.917. The van der Waals surface area contributed by atoms with E-state index in [0.717, 1.165) is 45.8 Å². The number of rotatable bonds is 6. The number of carbonyl (C=O) groups excluding carboxylic acids is 1. The molecule has 16 heavy (non-hydrogen) atoms. The monoisotopic (exact) mass is 228 g/mol. The van der Waals surface area contributed by atoms with Crippen LogP contribution < -0.4 is 5.32 Å². The predicted octanol–water partition coefficient (Wildman–Crippen LogP) is 0.871. The molecule has 0 bridgehead atoms. The van der Waals surface area contributed by atoms with E-state index in [9.17, 15) is 4.79 Å². The highest BCUT2D eigenvalue weighted by molar-refractivity contribution is 5.76. The summed E-state index contributed by atoms with van der Waals surface area (Å²) in [6.07, 6.45) is 1.72. The summed E-state index contributed by atoms with van der Waals surface area (Å²) in [6, 6.07) is 0. The highest BCUT2D eigenvalue weighted by Crippen LogP contribution is 2.05. The normalized spacial score (nSPS) is 19.4. The molecule has 94 valence electrons. The van der Waals surface area contributed by atoms with Gasteiger partial charge >= 0.3 is 0 Å². The van der Waals surface area contributed by atoms with Gasteiger partial charge in [-0.1, -0.05) is 20.3 Å².